The van der Waals surface area contributed by atoms with Gasteiger partial charge in [-0.2, -0.15) is 0 Å². The minimum atomic E-state index is -0.204. The van der Waals surface area contributed by atoms with Gasteiger partial charge in [0.05, 0.1) is 6.61 Å². The number of esters is 1. The summed E-state index contributed by atoms with van der Waals surface area (Å²) in [7, 11) is 0. The number of carbonyl (C=O) groups excluding carboxylic acids is 1. The molecule has 0 rings (SSSR count). The fourth-order valence-corrected chi connectivity index (χ4v) is 4.93. The van der Waals surface area contributed by atoms with E-state index in [0.29, 0.717) is 6.61 Å². The Labute approximate surface area is 233 Å². The number of ether oxygens (including phenoxy) is 1. The SMILES string of the molecule is CCCCCCCCCCCCCCCC=CC=CC(=O)OCCCCCCCCCCCCCCC. The van der Waals surface area contributed by atoms with Crippen LogP contribution in [-0.4, -0.2) is 12.6 Å². The zero-order valence-electron chi connectivity index (χ0n) is 25.4. The van der Waals surface area contributed by atoms with Gasteiger partial charge in [0.25, 0.3) is 0 Å². The first-order valence-electron chi connectivity index (χ1n) is 16.8. The van der Waals surface area contributed by atoms with Crippen LogP contribution in [0.25, 0.3) is 0 Å². The van der Waals surface area contributed by atoms with Crippen molar-refractivity contribution in [1.82, 2.24) is 0 Å². The Bertz CT molecular complexity index is 493. The molecule has 0 aromatic heterocycles. The van der Waals surface area contributed by atoms with Crippen LogP contribution in [0.5, 0.6) is 0 Å². The first-order valence-corrected chi connectivity index (χ1v) is 16.8. The van der Waals surface area contributed by atoms with E-state index in [-0.39, 0.29) is 5.97 Å². The predicted molar refractivity (Wildman–Crippen MR) is 165 cm³/mol. The molecule has 2 heteroatoms. The number of hydrogen-bond acceptors (Lipinski definition) is 2. The van der Waals surface area contributed by atoms with Gasteiger partial charge in [-0.15, -0.1) is 0 Å². The van der Waals surface area contributed by atoms with E-state index >= 15 is 0 Å². The molecule has 0 fully saturated rings. The number of hydrogen-bond donors (Lipinski definition) is 0. The van der Waals surface area contributed by atoms with Crippen LogP contribution in [0, 0.1) is 0 Å². The van der Waals surface area contributed by atoms with Gasteiger partial charge in [-0.25, -0.2) is 4.79 Å². The maximum Gasteiger partial charge on any atom is 0.330 e. The van der Waals surface area contributed by atoms with Gasteiger partial charge in [-0.1, -0.05) is 186 Å². The molecule has 0 saturated heterocycles. The van der Waals surface area contributed by atoms with E-state index in [0.717, 1.165) is 12.8 Å². The lowest BCUT2D eigenvalue weighted by atomic mass is 10.0. The van der Waals surface area contributed by atoms with Gasteiger partial charge >= 0.3 is 5.97 Å². The second-order valence-corrected chi connectivity index (χ2v) is 11.2. The second-order valence-electron chi connectivity index (χ2n) is 11.2. The molecule has 0 bridgehead atoms. The van der Waals surface area contributed by atoms with Gasteiger partial charge in [-0.3, -0.25) is 0 Å². The highest BCUT2D eigenvalue weighted by Gasteiger charge is 1.97. The van der Waals surface area contributed by atoms with Crippen LogP contribution >= 0.6 is 0 Å². The van der Waals surface area contributed by atoms with Crippen molar-refractivity contribution in [2.24, 2.45) is 0 Å². The van der Waals surface area contributed by atoms with E-state index in [1.807, 2.05) is 12.2 Å². The second kappa shape index (κ2) is 33.0. The lowest BCUT2D eigenvalue weighted by molar-refractivity contribution is -0.137. The molecule has 0 radical (unpaired) electrons. The van der Waals surface area contributed by atoms with Crippen LogP contribution in [0.3, 0.4) is 0 Å². The van der Waals surface area contributed by atoms with E-state index in [1.165, 1.54) is 161 Å². The van der Waals surface area contributed by atoms with Crippen molar-refractivity contribution >= 4 is 5.97 Å². The fraction of sp³-hybridized carbons (Fsp3) is 0.857. The highest BCUT2D eigenvalue weighted by molar-refractivity contribution is 5.82. The molecular formula is C35H66O2. The van der Waals surface area contributed by atoms with Gasteiger partial charge in [0.2, 0.25) is 0 Å². The molecule has 37 heavy (non-hydrogen) atoms. The van der Waals surface area contributed by atoms with Crippen LogP contribution in [0.1, 0.15) is 187 Å². The maximum absolute atomic E-state index is 11.8. The molecule has 0 spiro atoms. The van der Waals surface area contributed by atoms with Crippen molar-refractivity contribution in [3.8, 4) is 0 Å². The summed E-state index contributed by atoms with van der Waals surface area (Å²) in [6.45, 7) is 5.12. The van der Waals surface area contributed by atoms with Crippen molar-refractivity contribution in [3.05, 3.63) is 24.3 Å². The fourth-order valence-electron chi connectivity index (χ4n) is 4.93. The minimum absolute atomic E-state index is 0.204. The lowest BCUT2D eigenvalue weighted by Crippen LogP contribution is -2.02. The Morgan fingerprint density at radius 1 is 0.459 bits per heavy atom. The molecule has 0 heterocycles. The first kappa shape index (κ1) is 35.9. The molecule has 0 unspecified atom stereocenters. The smallest absolute Gasteiger partial charge is 0.330 e. The molecule has 0 atom stereocenters. The van der Waals surface area contributed by atoms with Crippen molar-refractivity contribution in [1.29, 1.82) is 0 Å². The van der Waals surface area contributed by atoms with Gasteiger partial charge in [0.15, 0.2) is 0 Å². The quantitative estimate of drug-likeness (QED) is 0.0409. The average Bonchev–Trinajstić information content (AvgIpc) is 2.90. The third-order valence-electron chi connectivity index (χ3n) is 7.45. The Morgan fingerprint density at radius 2 is 0.811 bits per heavy atom. The van der Waals surface area contributed by atoms with Crippen LogP contribution in [-0.2, 0) is 9.53 Å². The van der Waals surface area contributed by atoms with Gasteiger partial charge < -0.3 is 4.74 Å². The van der Waals surface area contributed by atoms with Crippen molar-refractivity contribution in [2.45, 2.75) is 187 Å². The van der Waals surface area contributed by atoms with E-state index in [9.17, 15) is 4.79 Å². The number of unbranched alkanes of at least 4 members (excludes halogenated alkanes) is 25. The normalized spacial score (nSPS) is 11.7. The van der Waals surface area contributed by atoms with Gasteiger partial charge in [0, 0.05) is 6.08 Å². The molecule has 0 aromatic carbocycles. The van der Waals surface area contributed by atoms with E-state index < -0.39 is 0 Å². The van der Waals surface area contributed by atoms with Crippen LogP contribution in [0.4, 0.5) is 0 Å². The van der Waals surface area contributed by atoms with E-state index in [1.54, 1.807) is 6.08 Å². The maximum atomic E-state index is 11.8. The predicted octanol–water partition coefficient (Wildman–Crippen LogP) is 12.2. The molecular weight excluding hydrogens is 452 g/mol. The third-order valence-corrected chi connectivity index (χ3v) is 7.45. The van der Waals surface area contributed by atoms with E-state index in [4.69, 9.17) is 4.74 Å². The van der Waals surface area contributed by atoms with Crippen molar-refractivity contribution in [3.63, 3.8) is 0 Å². The Balaban J connectivity index is 3.29. The topological polar surface area (TPSA) is 26.3 Å². The largest absolute Gasteiger partial charge is 0.463 e. The molecule has 0 aliphatic heterocycles. The van der Waals surface area contributed by atoms with Crippen molar-refractivity contribution in [2.75, 3.05) is 6.61 Å². The Hall–Kier alpha value is -1.05. The summed E-state index contributed by atoms with van der Waals surface area (Å²) < 4.78 is 5.31. The summed E-state index contributed by atoms with van der Waals surface area (Å²) in [6.07, 6.45) is 44.2. The summed E-state index contributed by atoms with van der Waals surface area (Å²) in [4.78, 5) is 11.8. The Morgan fingerprint density at radius 3 is 1.22 bits per heavy atom. The van der Waals surface area contributed by atoms with Gasteiger partial charge in [-0.05, 0) is 19.3 Å². The molecule has 0 aliphatic carbocycles. The molecule has 2 nitrogen and oxygen atoms in total. The molecule has 218 valence electrons. The molecule has 0 N–H and O–H groups in total. The summed E-state index contributed by atoms with van der Waals surface area (Å²) in [5, 5.41) is 0. The zero-order chi connectivity index (χ0) is 26.9. The average molecular weight is 519 g/mol. The Kier molecular flexibility index (Phi) is 32.0. The zero-order valence-corrected chi connectivity index (χ0v) is 25.4. The first-order chi connectivity index (χ1) is 18.3. The van der Waals surface area contributed by atoms with E-state index in [2.05, 4.69) is 19.9 Å². The van der Waals surface area contributed by atoms with Crippen molar-refractivity contribution < 1.29 is 9.53 Å². The molecule has 0 aromatic rings. The van der Waals surface area contributed by atoms with Gasteiger partial charge in [0.1, 0.15) is 0 Å². The minimum Gasteiger partial charge on any atom is -0.463 e. The summed E-state index contributed by atoms with van der Waals surface area (Å²) in [6, 6.07) is 0. The number of allylic oxidation sites excluding steroid dienone is 3. The molecule has 0 amide bonds. The van der Waals surface area contributed by atoms with Crippen LogP contribution in [0.15, 0.2) is 24.3 Å². The third kappa shape index (κ3) is 32.9. The van der Waals surface area contributed by atoms with Crippen LogP contribution < -0.4 is 0 Å². The lowest BCUT2D eigenvalue weighted by Gasteiger charge is -2.03. The summed E-state index contributed by atoms with van der Waals surface area (Å²) in [5.74, 6) is -0.204. The monoisotopic (exact) mass is 519 g/mol. The summed E-state index contributed by atoms with van der Waals surface area (Å²) in [5.41, 5.74) is 0. The highest BCUT2D eigenvalue weighted by Crippen LogP contribution is 2.14. The standard InChI is InChI=1S/C35H66O2/c1-3-5-7-9-11-13-15-17-18-19-20-21-23-25-27-29-31-33-35(36)37-34-32-30-28-26-24-22-16-14-12-10-8-6-4-2/h27,29,31,33H,3-26,28,30,32,34H2,1-2H3. The number of carbonyl (C=O) groups is 1. The molecule has 0 aliphatic rings. The highest BCUT2D eigenvalue weighted by atomic mass is 16.5. The number of rotatable bonds is 30. The van der Waals surface area contributed by atoms with Crippen LogP contribution in [0.2, 0.25) is 0 Å². The summed E-state index contributed by atoms with van der Waals surface area (Å²) >= 11 is 0. The molecule has 0 saturated carbocycles.